The first-order chi connectivity index (χ1) is 13.7. The Hall–Kier alpha value is -3.04. The fourth-order valence-corrected chi connectivity index (χ4v) is 3.07. The van der Waals surface area contributed by atoms with Crippen LogP contribution in [0.15, 0.2) is 54.6 Å². The fourth-order valence-electron chi connectivity index (χ4n) is 3.07. The second kappa shape index (κ2) is 10.3. The maximum Gasteiger partial charge on any atom is 0.321 e. The monoisotopic (exact) mass is 379 g/mol. The van der Waals surface area contributed by atoms with Crippen LogP contribution in [-0.2, 0) is 11.3 Å². The molecular formula is C22H25N3O3. The van der Waals surface area contributed by atoms with Crippen LogP contribution >= 0.6 is 0 Å². The average Bonchev–Trinajstić information content (AvgIpc) is 3.24. The van der Waals surface area contributed by atoms with Crippen molar-refractivity contribution in [3.8, 4) is 11.8 Å². The van der Waals surface area contributed by atoms with Crippen LogP contribution in [0.2, 0.25) is 0 Å². The third-order valence-electron chi connectivity index (χ3n) is 4.58. The average molecular weight is 379 g/mol. The van der Waals surface area contributed by atoms with Crippen molar-refractivity contribution in [2.75, 3.05) is 25.0 Å². The van der Waals surface area contributed by atoms with E-state index >= 15 is 0 Å². The van der Waals surface area contributed by atoms with Crippen LogP contribution in [0.3, 0.4) is 0 Å². The van der Waals surface area contributed by atoms with Gasteiger partial charge in [0.25, 0.3) is 0 Å². The Morgan fingerprint density at radius 3 is 2.68 bits per heavy atom. The highest BCUT2D eigenvalue weighted by Gasteiger charge is 2.22. The quantitative estimate of drug-likeness (QED) is 0.746. The van der Waals surface area contributed by atoms with Gasteiger partial charge in [0.15, 0.2) is 0 Å². The number of rotatable bonds is 8. The van der Waals surface area contributed by atoms with Gasteiger partial charge in [-0.15, -0.1) is 0 Å². The Morgan fingerprint density at radius 2 is 2.00 bits per heavy atom. The lowest BCUT2D eigenvalue weighted by atomic mass is 10.2. The van der Waals surface area contributed by atoms with E-state index in [1.54, 1.807) is 4.90 Å². The molecule has 0 aromatic heterocycles. The lowest BCUT2D eigenvalue weighted by Crippen LogP contribution is -2.40. The number of ether oxygens (including phenoxy) is 2. The maximum atomic E-state index is 12.6. The van der Waals surface area contributed by atoms with Gasteiger partial charge in [0, 0.05) is 25.4 Å². The van der Waals surface area contributed by atoms with Crippen LogP contribution in [0.4, 0.5) is 10.5 Å². The standard InChI is InChI=1S/C22H25N3O3/c23-13-5-14-25(16-21-8-4-15-27-21)22(26)24-19-9-11-20(12-10-19)28-17-18-6-2-1-3-7-18/h1-3,6-7,9-12,21H,4-5,8,14-17H2,(H,24,26). The molecule has 0 spiro atoms. The normalized spacial score (nSPS) is 15.6. The Morgan fingerprint density at radius 1 is 1.21 bits per heavy atom. The third-order valence-corrected chi connectivity index (χ3v) is 4.58. The first-order valence-corrected chi connectivity index (χ1v) is 9.56. The van der Waals surface area contributed by atoms with Gasteiger partial charge >= 0.3 is 6.03 Å². The first-order valence-electron chi connectivity index (χ1n) is 9.56. The van der Waals surface area contributed by atoms with E-state index in [1.807, 2.05) is 54.6 Å². The minimum absolute atomic E-state index is 0.0539. The van der Waals surface area contributed by atoms with Crippen molar-refractivity contribution in [1.82, 2.24) is 4.90 Å². The van der Waals surface area contributed by atoms with Crippen molar-refractivity contribution < 1.29 is 14.3 Å². The number of nitrogens with zero attached hydrogens (tertiary/aromatic N) is 2. The largest absolute Gasteiger partial charge is 0.489 e. The van der Waals surface area contributed by atoms with Crippen LogP contribution in [0.25, 0.3) is 0 Å². The van der Waals surface area contributed by atoms with Crippen molar-refractivity contribution in [2.45, 2.75) is 32.0 Å². The Labute approximate surface area is 165 Å². The molecule has 1 N–H and O–H groups in total. The number of hydrogen-bond donors (Lipinski definition) is 1. The molecule has 1 aliphatic rings. The lowest BCUT2D eigenvalue weighted by molar-refractivity contribution is 0.0841. The van der Waals surface area contributed by atoms with Crippen molar-refractivity contribution in [3.63, 3.8) is 0 Å². The second-order valence-corrected chi connectivity index (χ2v) is 6.72. The summed E-state index contributed by atoms with van der Waals surface area (Å²) in [5.41, 5.74) is 1.79. The van der Waals surface area contributed by atoms with Crippen molar-refractivity contribution in [2.24, 2.45) is 0 Å². The number of carbonyl (C=O) groups excluding carboxylic acids is 1. The second-order valence-electron chi connectivity index (χ2n) is 6.72. The Kier molecular flexibility index (Phi) is 7.28. The number of nitrogens with one attached hydrogen (secondary N) is 1. The topological polar surface area (TPSA) is 74.6 Å². The molecule has 146 valence electrons. The number of carbonyl (C=O) groups is 1. The number of benzene rings is 2. The van der Waals surface area contributed by atoms with Gasteiger partial charge in [-0.25, -0.2) is 4.79 Å². The first kappa shape index (κ1) is 19.7. The zero-order chi connectivity index (χ0) is 19.6. The molecule has 1 aliphatic heterocycles. The van der Waals surface area contributed by atoms with Crippen molar-refractivity contribution in [3.05, 3.63) is 60.2 Å². The summed E-state index contributed by atoms with van der Waals surface area (Å²) >= 11 is 0. The SMILES string of the molecule is N#CCCN(CC1CCCO1)C(=O)Nc1ccc(OCc2ccccc2)cc1. The summed E-state index contributed by atoms with van der Waals surface area (Å²) in [5, 5.41) is 11.7. The van der Waals surface area contributed by atoms with E-state index in [0.29, 0.717) is 31.8 Å². The Bertz CT molecular complexity index is 781. The van der Waals surface area contributed by atoms with Crippen LogP contribution in [0.1, 0.15) is 24.8 Å². The Balaban J connectivity index is 1.53. The summed E-state index contributed by atoms with van der Waals surface area (Å²) in [7, 11) is 0. The van der Waals surface area contributed by atoms with Crippen molar-refractivity contribution in [1.29, 1.82) is 5.26 Å². The smallest absolute Gasteiger partial charge is 0.321 e. The van der Waals surface area contributed by atoms with Crippen molar-refractivity contribution >= 4 is 11.7 Å². The molecule has 2 aromatic rings. The zero-order valence-electron chi connectivity index (χ0n) is 15.8. The summed E-state index contributed by atoms with van der Waals surface area (Å²) in [6.45, 7) is 2.13. The summed E-state index contributed by atoms with van der Waals surface area (Å²) in [5.74, 6) is 0.738. The van der Waals surface area contributed by atoms with E-state index in [0.717, 1.165) is 30.8 Å². The maximum absolute atomic E-state index is 12.6. The summed E-state index contributed by atoms with van der Waals surface area (Å²) in [6.07, 6.45) is 2.32. The highest BCUT2D eigenvalue weighted by molar-refractivity contribution is 5.89. The van der Waals surface area contributed by atoms with E-state index in [1.165, 1.54) is 0 Å². The highest BCUT2D eigenvalue weighted by Crippen LogP contribution is 2.18. The molecular weight excluding hydrogens is 354 g/mol. The van der Waals surface area contributed by atoms with E-state index in [-0.39, 0.29) is 12.1 Å². The van der Waals surface area contributed by atoms with Gasteiger partial charge in [0.1, 0.15) is 12.4 Å². The minimum Gasteiger partial charge on any atom is -0.489 e. The molecule has 6 nitrogen and oxygen atoms in total. The van der Waals surface area contributed by atoms with E-state index < -0.39 is 0 Å². The van der Waals surface area contributed by atoms with Crippen LogP contribution in [0.5, 0.6) is 5.75 Å². The number of amides is 2. The number of anilines is 1. The molecule has 0 radical (unpaired) electrons. The number of nitriles is 1. The predicted molar refractivity (Wildman–Crippen MR) is 107 cm³/mol. The molecule has 2 amide bonds. The molecule has 6 heteroatoms. The van der Waals surface area contributed by atoms with Gasteiger partial charge in [-0.2, -0.15) is 5.26 Å². The van der Waals surface area contributed by atoms with Crippen LogP contribution in [0, 0.1) is 11.3 Å². The van der Waals surface area contributed by atoms with Crippen LogP contribution in [-0.4, -0.2) is 36.7 Å². The predicted octanol–water partition coefficient (Wildman–Crippen LogP) is 4.19. The molecule has 1 atom stereocenters. The number of hydrogen-bond acceptors (Lipinski definition) is 4. The van der Waals surface area contributed by atoms with E-state index in [2.05, 4.69) is 11.4 Å². The minimum atomic E-state index is -0.219. The molecule has 1 unspecified atom stereocenters. The van der Waals surface area contributed by atoms with E-state index in [9.17, 15) is 4.79 Å². The lowest BCUT2D eigenvalue weighted by Gasteiger charge is -2.25. The van der Waals surface area contributed by atoms with Crippen LogP contribution < -0.4 is 10.1 Å². The molecule has 1 fully saturated rings. The van der Waals surface area contributed by atoms with Gasteiger partial charge in [0.2, 0.25) is 0 Å². The molecule has 0 saturated carbocycles. The molecule has 3 rings (SSSR count). The zero-order valence-corrected chi connectivity index (χ0v) is 15.8. The third kappa shape index (κ3) is 6.00. The molecule has 1 saturated heterocycles. The van der Waals surface area contributed by atoms with Gasteiger partial charge < -0.3 is 19.7 Å². The molecule has 28 heavy (non-hydrogen) atoms. The fraction of sp³-hybridized carbons (Fsp3) is 0.364. The molecule has 0 bridgehead atoms. The molecule has 1 heterocycles. The van der Waals surface area contributed by atoms with Gasteiger partial charge in [-0.1, -0.05) is 30.3 Å². The van der Waals surface area contributed by atoms with Gasteiger partial charge in [-0.3, -0.25) is 0 Å². The summed E-state index contributed by atoms with van der Waals surface area (Å²) in [6, 6.07) is 19.1. The number of urea groups is 1. The van der Waals surface area contributed by atoms with Gasteiger partial charge in [-0.05, 0) is 42.7 Å². The molecule has 2 aromatic carbocycles. The summed E-state index contributed by atoms with van der Waals surface area (Å²) < 4.78 is 11.4. The highest BCUT2D eigenvalue weighted by atomic mass is 16.5. The van der Waals surface area contributed by atoms with Gasteiger partial charge in [0.05, 0.1) is 18.6 Å². The summed E-state index contributed by atoms with van der Waals surface area (Å²) in [4.78, 5) is 14.3. The molecule has 0 aliphatic carbocycles. The van der Waals surface area contributed by atoms with E-state index in [4.69, 9.17) is 14.7 Å².